The number of phenolic OH excluding ortho intramolecular Hbond substituents is 1. The lowest BCUT2D eigenvalue weighted by atomic mass is 10.1. The number of amides is 1. The van der Waals surface area contributed by atoms with Gasteiger partial charge in [0.15, 0.2) is 11.5 Å². The minimum absolute atomic E-state index is 0.0330. The van der Waals surface area contributed by atoms with E-state index >= 15 is 0 Å². The summed E-state index contributed by atoms with van der Waals surface area (Å²) in [6.45, 7) is 2.11. The van der Waals surface area contributed by atoms with Crippen molar-refractivity contribution in [1.29, 1.82) is 0 Å². The van der Waals surface area contributed by atoms with Crippen LogP contribution in [-0.2, 0) is 16.6 Å². The van der Waals surface area contributed by atoms with E-state index in [2.05, 4.69) is 26.5 Å². The van der Waals surface area contributed by atoms with Gasteiger partial charge in [-0.25, -0.2) is 13.8 Å². The van der Waals surface area contributed by atoms with E-state index in [-0.39, 0.29) is 18.0 Å². The highest BCUT2D eigenvalue weighted by atomic mass is 79.9. The van der Waals surface area contributed by atoms with Crippen LogP contribution >= 0.6 is 15.9 Å². The Balaban J connectivity index is 1.73. The lowest BCUT2D eigenvalue weighted by Gasteiger charge is -2.23. The summed E-state index contributed by atoms with van der Waals surface area (Å²) in [4.78, 5) is 12.5. The third-order valence-electron chi connectivity index (χ3n) is 5.04. The molecule has 3 aromatic rings. The zero-order valence-electron chi connectivity index (χ0n) is 18.8. The first-order valence-electron chi connectivity index (χ1n) is 10.1. The van der Waals surface area contributed by atoms with Gasteiger partial charge in [0.25, 0.3) is 5.91 Å². The van der Waals surface area contributed by atoms with E-state index in [1.807, 2.05) is 31.2 Å². The summed E-state index contributed by atoms with van der Waals surface area (Å²) >= 11 is 3.23. The molecule has 178 valence electrons. The second kappa shape index (κ2) is 10.7. The molecule has 10 heteroatoms. The fraction of sp³-hybridized carbons (Fsp3) is 0.167. The molecule has 1 amide bonds. The molecule has 0 unspecified atom stereocenters. The topological polar surface area (TPSA) is 108 Å². The molecule has 0 spiro atoms. The highest BCUT2D eigenvalue weighted by Gasteiger charge is 2.19. The lowest BCUT2D eigenvalue weighted by Crippen LogP contribution is -2.29. The molecule has 0 saturated carbocycles. The normalized spacial score (nSPS) is 11.4. The molecule has 2 N–H and O–H groups in total. The first-order valence-corrected chi connectivity index (χ1v) is 12.8. The SMILES string of the molecule is COc1cc(/C=N\NC(=O)c2ccc(N(Cc3ccccc3C)S(C)(=O)=O)cc2)cc(Br)c1O. The Morgan fingerprint density at radius 1 is 1.18 bits per heavy atom. The van der Waals surface area contributed by atoms with Crippen LogP contribution in [-0.4, -0.2) is 39.0 Å². The number of nitrogens with one attached hydrogen (secondary N) is 1. The van der Waals surface area contributed by atoms with E-state index in [9.17, 15) is 18.3 Å². The van der Waals surface area contributed by atoms with E-state index < -0.39 is 15.9 Å². The van der Waals surface area contributed by atoms with Gasteiger partial charge in [-0.1, -0.05) is 24.3 Å². The second-order valence-corrected chi connectivity index (χ2v) is 10.3. The summed E-state index contributed by atoms with van der Waals surface area (Å²) in [5.74, 6) is -0.231. The zero-order valence-corrected chi connectivity index (χ0v) is 21.2. The van der Waals surface area contributed by atoms with Gasteiger partial charge in [0, 0.05) is 5.56 Å². The number of nitrogens with zero attached hydrogens (tertiary/aromatic N) is 2. The average molecular weight is 546 g/mol. The number of ether oxygens (including phenoxy) is 1. The van der Waals surface area contributed by atoms with E-state index in [4.69, 9.17) is 4.74 Å². The lowest BCUT2D eigenvalue weighted by molar-refractivity contribution is 0.0955. The number of phenols is 1. The summed E-state index contributed by atoms with van der Waals surface area (Å²) in [5, 5.41) is 13.8. The Morgan fingerprint density at radius 3 is 2.47 bits per heavy atom. The van der Waals surface area contributed by atoms with Crippen molar-refractivity contribution >= 4 is 43.8 Å². The maximum Gasteiger partial charge on any atom is 0.271 e. The fourth-order valence-electron chi connectivity index (χ4n) is 3.18. The first-order chi connectivity index (χ1) is 16.1. The summed E-state index contributed by atoms with van der Waals surface area (Å²) in [7, 11) is -2.12. The van der Waals surface area contributed by atoms with Crippen LogP contribution in [0.2, 0.25) is 0 Å². The van der Waals surface area contributed by atoms with Crippen molar-refractivity contribution in [3.8, 4) is 11.5 Å². The van der Waals surface area contributed by atoms with Gasteiger partial charge in [-0.05, 0) is 75.9 Å². The van der Waals surface area contributed by atoms with Gasteiger partial charge < -0.3 is 9.84 Å². The highest BCUT2D eigenvalue weighted by Crippen LogP contribution is 2.34. The van der Waals surface area contributed by atoms with Crippen LogP contribution in [0.1, 0.15) is 27.0 Å². The minimum Gasteiger partial charge on any atom is -0.503 e. The molecule has 0 aromatic heterocycles. The molecular weight excluding hydrogens is 522 g/mol. The van der Waals surface area contributed by atoms with Crippen LogP contribution in [0.25, 0.3) is 0 Å². The summed E-state index contributed by atoms with van der Waals surface area (Å²) in [6, 6.07) is 17.0. The van der Waals surface area contributed by atoms with E-state index in [1.165, 1.54) is 29.8 Å². The number of halogens is 1. The van der Waals surface area contributed by atoms with E-state index in [1.54, 1.807) is 24.3 Å². The van der Waals surface area contributed by atoms with E-state index in [0.29, 0.717) is 21.3 Å². The number of hydrogen-bond acceptors (Lipinski definition) is 6. The molecule has 0 fully saturated rings. The van der Waals surface area contributed by atoms with Crippen LogP contribution in [0.15, 0.2) is 70.2 Å². The molecule has 0 aliphatic rings. The molecule has 0 atom stereocenters. The highest BCUT2D eigenvalue weighted by molar-refractivity contribution is 9.10. The molecule has 34 heavy (non-hydrogen) atoms. The molecular formula is C24H24BrN3O5S. The molecule has 0 radical (unpaired) electrons. The van der Waals surface area contributed by atoms with Crippen LogP contribution in [0, 0.1) is 6.92 Å². The molecule has 0 heterocycles. The van der Waals surface area contributed by atoms with Crippen LogP contribution < -0.4 is 14.5 Å². The van der Waals surface area contributed by atoms with Gasteiger partial charge in [0.05, 0.1) is 36.3 Å². The first kappa shape index (κ1) is 25.3. The number of carbonyl (C=O) groups is 1. The molecule has 0 bridgehead atoms. The smallest absolute Gasteiger partial charge is 0.271 e. The van der Waals surface area contributed by atoms with Crippen molar-refractivity contribution in [2.45, 2.75) is 13.5 Å². The monoisotopic (exact) mass is 545 g/mol. The van der Waals surface area contributed by atoms with Gasteiger partial charge in [-0.15, -0.1) is 0 Å². The summed E-state index contributed by atoms with van der Waals surface area (Å²) in [6.07, 6.45) is 2.56. The Kier molecular flexibility index (Phi) is 7.95. The van der Waals surface area contributed by atoms with Crippen LogP contribution in [0.4, 0.5) is 5.69 Å². The number of rotatable bonds is 8. The largest absolute Gasteiger partial charge is 0.503 e. The quantitative estimate of drug-likeness (QED) is 0.325. The fourth-order valence-corrected chi connectivity index (χ4v) is 4.51. The molecule has 0 aliphatic carbocycles. The predicted molar refractivity (Wildman–Crippen MR) is 136 cm³/mol. The van der Waals surface area contributed by atoms with Crippen molar-refractivity contribution in [1.82, 2.24) is 5.43 Å². The number of carbonyl (C=O) groups excluding carboxylic acids is 1. The van der Waals surface area contributed by atoms with Gasteiger partial charge >= 0.3 is 0 Å². The number of sulfonamides is 1. The maximum atomic E-state index is 12.5. The van der Waals surface area contributed by atoms with Gasteiger partial charge in [0.2, 0.25) is 10.0 Å². The maximum absolute atomic E-state index is 12.5. The summed E-state index contributed by atoms with van der Waals surface area (Å²) in [5.41, 5.74) is 5.66. The van der Waals surface area contributed by atoms with Crippen molar-refractivity contribution < 1.29 is 23.1 Å². The van der Waals surface area contributed by atoms with Crippen LogP contribution in [0.3, 0.4) is 0 Å². The third-order valence-corrected chi connectivity index (χ3v) is 6.79. The number of benzene rings is 3. The van der Waals surface area contributed by atoms with Crippen molar-refractivity contribution in [3.05, 3.63) is 87.4 Å². The van der Waals surface area contributed by atoms with Crippen molar-refractivity contribution in [3.63, 3.8) is 0 Å². The number of methoxy groups -OCH3 is 1. The molecule has 0 saturated heterocycles. The zero-order chi connectivity index (χ0) is 24.9. The van der Waals surface area contributed by atoms with Crippen LogP contribution in [0.5, 0.6) is 11.5 Å². The Labute approximate surface area is 207 Å². The molecule has 0 aliphatic heterocycles. The number of aryl methyl sites for hydroxylation is 1. The number of hydrazone groups is 1. The molecule has 3 aromatic carbocycles. The molecule has 3 rings (SSSR count). The van der Waals surface area contributed by atoms with Gasteiger partial charge in [-0.3, -0.25) is 9.10 Å². The number of aromatic hydroxyl groups is 1. The Morgan fingerprint density at radius 2 is 1.85 bits per heavy atom. The van der Waals surface area contributed by atoms with Gasteiger partial charge in [0.1, 0.15) is 0 Å². The third kappa shape index (κ3) is 6.15. The number of anilines is 1. The standard InChI is InChI=1S/C24H24BrN3O5S/c1-16-6-4-5-7-19(16)15-28(34(3,31)32)20-10-8-18(9-11-20)24(30)27-26-14-17-12-21(25)23(29)22(13-17)33-2/h4-14,29H,15H2,1-3H3,(H,27,30)/b26-14-. The summed E-state index contributed by atoms with van der Waals surface area (Å²) < 4.78 is 31.7. The Bertz CT molecular complexity index is 1320. The molecule has 8 nitrogen and oxygen atoms in total. The average Bonchev–Trinajstić information content (AvgIpc) is 2.80. The minimum atomic E-state index is -3.55. The number of hydrogen-bond donors (Lipinski definition) is 2. The van der Waals surface area contributed by atoms with E-state index in [0.717, 1.165) is 17.4 Å². The second-order valence-electron chi connectivity index (χ2n) is 7.50. The van der Waals surface area contributed by atoms with Crippen molar-refractivity contribution in [2.75, 3.05) is 17.7 Å². The predicted octanol–water partition coefficient (Wildman–Crippen LogP) is 4.20. The Hall–Kier alpha value is -3.37. The van der Waals surface area contributed by atoms with Gasteiger partial charge in [-0.2, -0.15) is 5.10 Å². The van der Waals surface area contributed by atoms with Crippen molar-refractivity contribution in [2.24, 2.45) is 5.10 Å².